The standard InChI is InChI=1S/C18H39N3/c1-17(2,3)19-14-9-7-8-10-15-21(6)16-18(20(4)5)12-11-13-18/h19H,7-16H2,1-6H3. The van der Waals surface area contributed by atoms with Gasteiger partial charge in [-0.2, -0.15) is 0 Å². The van der Waals surface area contributed by atoms with Gasteiger partial charge < -0.3 is 15.1 Å². The summed E-state index contributed by atoms with van der Waals surface area (Å²) in [5.74, 6) is 0. The maximum absolute atomic E-state index is 3.56. The van der Waals surface area contributed by atoms with Crippen LogP contribution in [0.25, 0.3) is 0 Å². The molecule has 0 spiro atoms. The highest BCUT2D eigenvalue weighted by molar-refractivity contribution is 4.97. The fraction of sp³-hybridized carbons (Fsp3) is 1.00. The highest BCUT2D eigenvalue weighted by Gasteiger charge is 2.39. The van der Waals surface area contributed by atoms with E-state index in [9.17, 15) is 0 Å². The third kappa shape index (κ3) is 7.12. The van der Waals surface area contributed by atoms with Gasteiger partial charge in [-0.3, -0.25) is 0 Å². The van der Waals surface area contributed by atoms with Crippen LogP contribution in [0.4, 0.5) is 0 Å². The third-order valence-corrected chi connectivity index (χ3v) is 4.92. The molecule has 0 unspecified atom stereocenters. The van der Waals surface area contributed by atoms with Gasteiger partial charge in [0, 0.05) is 17.6 Å². The molecule has 126 valence electrons. The molecule has 0 aromatic carbocycles. The SMILES string of the molecule is CN(CCCCCCNC(C)(C)C)CC1(N(C)C)CCC1. The van der Waals surface area contributed by atoms with Crippen molar-refractivity contribution >= 4 is 0 Å². The lowest BCUT2D eigenvalue weighted by Crippen LogP contribution is -2.56. The quantitative estimate of drug-likeness (QED) is 0.624. The highest BCUT2D eigenvalue weighted by atomic mass is 15.2. The predicted molar refractivity (Wildman–Crippen MR) is 94.0 cm³/mol. The van der Waals surface area contributed by atoms with E-state index in [1.165, 1.54) is 58.0 Å². The van der Waals surface area contributed by atoms with Crippen molar-refractivity contribution in [1.29, 1.82) is 0 Å². The Hall–Kier alpha value is -0.120. The van der Waals surface area contributed by atoms with Crippen molar-refractivity contribution in [2.75, 3.05) is 40.8 Å². The largest absolute Gasteiger partial charge is 0.312 e. The second kappa shape index (κ2) is 8.50. The van der Waals surface area contributed by atoms with Crippen LogP contribution in [0.15, 0.2) is 0 Å². The number of rotatable bonds is 10. The second-order valence-electron chi connectivity index (χ2n) is 8.30. The summed E-state index contributed by atoms with van der Waals surface area (Å²) in [6, 6.07) is 0. The Balaban J connectivity index is 2.02. The zero-order chi connectivity index (χ0) is 15.9. The van der Waals surface area contributed by atoms with Gasteiger partial charge >= 0.3 is 0 Å². The zero-order valence-electron chi connectivity index (χ0n) is 15.5. The summed E-state index contributed by atoms with van der Waals surface area (Å²) in [7, 11) is 6.79. The van der Waals surface area contributed by atoms with Gasteiger partial charge in [-0.15, -0.1) is 0 Å². The lowest BCUT2D eigenvalue weighted by molar-refractivity contribution is 0.0275. The molecule has 0 heterocycles. The summed E-state index contributed by atoms with van der Waals surface area (Å²) in [5.41, 5.74) is 0.745. The minimum atomic E-state index is 0.267. The minimum absolute atomic E-state index is 0.267. The molecular formula is C18H39N3. The van der Waals surface area contributed by atoms with Gasteiger partial charge in [0.25, 0.3) is 0 Å². The first-order valence-electron chi connectivity index (χ1n) is 8.86. The molecule has 3 nitrogen and oxygen atoms in total. The molecule has 1 rings (SSSR count). The lowest BCUT2D eigenvalue weighted by Gasteiger charge is -2.49. The molecule has 0 aliphatic heterocycles. The van der Waals surface area contributed by atoms with Crippen LogP contribution in [-0.2, 0) is 0 Å². The van der Waals surface area contributed by atoms with Crippen molar-refractivity contribution in [3.05, 3.63) is 0 Å². The van der Waals surface area contributed by atoms with Gasteiger partial charge in [0.15, 0.2) is 0 Å². The third-order valence-electron chi connectivity index (χ3n) is 4.92. The van der Waals surface area contributed by atoms with Crippen molar-refractivity contribution in [2.24, 2.45) is 0 Å². The monoisotopic (exact) mass is 297 g/mol. The molecule has 1 saturated carbocycles. The summed E-state index contributed by atoms with van der Waals surface area (Å²) in [4.78, 5) is 5.00. The summed E-state index contributed by atoms with van der Waals surface area (Å²) in [5, 5.41) is 3.56. The van der Waals surface area contributed by atoms with Gasteiger partial charge in [0.2, 0.25) is 0 Å². The fourth-order valence-electron chi connectivity index (χ4n) is 3.24. The molecule has 1 N–H and O–H groups in total. The van der Waals surface area contributed by atoms with Crippen LogP contribution >= 0.6 is 0 Å². The number of nitrogens with zero attached hydrogens (tertiary/aromatic N) is 2. The van der Waals surface area contributed by atoms with E-state index < -0.39 is 0 Å². The number of unbranched alkanes of at least 4 members (excludes halogenated alkanes) is 3. The maximum Gasteiger partial charge on any atom is 0.0330 e. The van der Waals surface area contributed by atoms with Crippen molar-refractivity contribution in [1.82, 2.24) is 15.1 Å². The van der Waals surface area contributed by atoms with Gasteiger partial charge in [0.1, 0.15) is 0 Å². The van der Waals surface area contributed by atoms with E-state index in [1.807, 2.05) is 0 Å². The molecule has 1 fully saturated rings. The molecule has 1 aliphatic rings. The van der Waals surface area contributed by atoms with E-state index in [-0.39, 0.29) is 5.54 Å². The van der Waals surface area contributed by atoms with Crippen LogP contribution < -0.4 is 5.32 Å². The van der Waals surface area contributed by atoms with E-state index in [4.69, 9.17) is 0 Å². The van der Waals surface area contributed by atoms with Gasteiger partial charge in [-0.1, -0.05) is 12.8 Å². The van der Waals surface area contributed by atoms with E-state index in [1.54, 1.807) is 0 Å². The Morgan fingerprint density at radius 3 is 2.05 bits per heavy atom. The molecule has 3 heteroatoms. The Labute approximate surface area is 133 Å². The average Bonchev–Trinajstić information content (AvgIpc) is 2.30. The predicted octanol–water partition coefficient (Wildman–Crippen LogP) is 3.35. The summed E-state index contributed by atoms with van der Waals surface area (Å²) in [6.07, 6.45) is 9.54. The fourth-order valence-corrected chi connectivity index (χ4v) is 3.24. The van der Waals surface area contributed by atoms with Crippen LogP contribution in [0.2, 0.25) is 0 Å². The van der Waals surface area contributed by atoms with Gasteiger partial charge in [-0.25, -0.2) is 0 Å². The topological polar surface area (TPSA) is 18.5 Å². The molecule has 0 atom stereocenters. The Kier molecular flexibility index (Phi) is 7.66. The maximum atomic E-state index is 3.56. The average molecular weight is 298 g/mol. The number of hydrogen-bond donors (Lipinski definition) is 1. The first-order chi connectivity index (χ1) is 9.75. The molecule has 21 heavy (non-hydrogen) atoms. The minimum Gasteiger partial charge on any atom is -0.312 e. The zero-order valence-corrected chi connectivity index (χ0v) is 15.5. The molecule has 0 saturated heterocycles. The van der Waals surface area contributed by atoms with Crippen LogP contribution in [-0.4, -0.2) is 61.7 Å². The molecule has 0 aromatic heterocycles. The second-order valence-corrected chi connectivity index (χ2v) is 8.30. The first kappa shape index (κ1) is 18.9. The summed E-state index contributed by atoms with van der Waals surface area (Å²) < 4.78 is 0. The van der Waals surface area contributed by atoms with E-state index in [0.29, 0.717) is 5.54 Å². The van der Waals surface area contributed by atoms with Crippen LogP contribution in [0, 0.1) is 0 Å². The molecule has 0 aromatic rings. The summed E-state index contributed by atoms with van der Waals surface area (Å²) >= 11 is 0. The summed E-state index contributed by atoms with van der Waals surface area (Å²) in [6.45, 7) is 10.4. The van der Waals surface area contributed by atoms with E-state index in [0.717, 1.165) is 6.54 Å². The normalized spacial score (nSPS) is 18.3. The Bertz CT molecular complexity index is 277. The molecule has 0 amide bonds. The van der Waals surface area contributed by atoms with Gasteiger partial charge in [-0.05, 0) is 87.1 Å². The molecule has 0 radical (unpaired) electrons. The Morgan fingerprint density at radius 1 is 0.952 bits per heavy atom. The van der Waals surface area contributed by atoms with Crippen molar-refractivity contribution in [3.63, 3.8) is 0 Å². The van der Waals surface area contributed by atoms with E-state index in [2.05, 4.69) is 57.0 Å². The lowest BCUT2D eigenvalue weighted by atomic mass is 9.75. The number of nitrogens with one attached hydrogen (secondary N) is 1. The smallest absolute Gasteiger partial charge is 0.0330 e. The van der Waals surface area contributed by atoms with Crippen molar-refractivity contribution < 1.29 is 0 Å². The Morgan fingerprint density at radius 2 is 1.57 bits per heavy atom. The molecular weight excluding hydrogens is 258 g/mol. The van der Waals surface area contributed by atoms with Crippen molar-refractivity contribution in [2.45, 2.75) is 76.8 Å². The van der Waals surface area contributed by atoms with Crippen LogP contribution in [0.5, 0.6) is 0 Å². The molecule has 1 aliphatic carbocycles. The van der Waals surface area contributed by atoms with E-state index >= 15 is 0 Å². The van der Waals surface area contributed by atoms with Gasteiger partial charge in [0.05, 0.1) is 0 Å². The van der Waals surface area contributed by atoms with Crippen LogP contribution in [0.1, 0.15) is 65.7 Å². The van der Waals surface area contributed by atoms with Crippen molar-refractivity contribution in [3.8, 4) is 0 Å². The number of likely N-dealkylation sites (N-methyl/N-ethyl adjacent to an activating group) is 2. The van der Waals surface area contributed by atoms with Crippen LogP contribution in [0.3, 0.4) is 0 Å². The molecule has 0 bridgehead atoms. The number of hydrogen-bond acceptors (Lipinski definition) is 3. The first-order valence-corrected chi connectivity index (χ1v) is 8.86. The highest BCUT2D eigenvalue weighted by Crippen LogP contribution is 2.36.